The Bertz CT molecular complexity index is 398. The van der Waals surface area contributed by atoms with Crippen molar-refractivity contribution in [3.63, 3.8) is 0 Å². The van der Waals surface area contributed by atoms with Crippen LogP contribution in [0.25, 0.3) is 0 Å². The molecule has 1 aliphatic heterocycles. The van der Waals surface area contributed by atoms with Crippen molar-refractivity contribution < 1.29 is 23.9 Å². The number of amides is 4. The molecule has 0 unspecified atom stereocenters. The molecule has 4 amide bonds. The number of urea groups is 1. The fourth-order valence-corrected chi connectivity index (χ4v) is 2.41. The predicted octanol–water partition coefficient (Wildman–Crippen LogP) is 0.338. The molecule has 0 bridgehead atoms. The van der Waals surface area contributed by atoms with E-state index in [1.807, 2.05) is 10.6 Å². The van der Waals surface area contributed by atoms with Gasteiger partial charge in [0.2, 0.25) is 11.8 Å². The minimum atomic E-state index is -1.59. The number of carbonyl (C=O) groups excluding carboxylic acids is 4. The molecule has 0 radical (unpaired) electrons. The number of ether oxygens (including phenoxy) is 1. The van der Waals surface area contributed by atoms with Crippen LogP contribution in [0.3, 0.4) is 0 Å². The molecule has 7 heteroatoms. The van der Waals surface area contributed by atoms with Gasteiger partial charge in [-0.2, -0.15) is 0 Å². The topological polar surface area (TPSA) is 102 Å². The van der Waals surface area contributed by atoms with Crippen molar-refractivity contribution in [3.8, 4) is 0 Å². The van der Waals surface area contributed by atoms with Crippen molar-refractivity contribution in [1.29, 1.82) is 0 Å². The van der Waals surface area contributed by atoms with Gasteiger partial charge in [-0.1, -0.05) is 13.8 Å². The summed E-state index contributed by atoms with van der Waals surface area (Å²) < 4.78 is 4.91. The molecule has 0 aromatic heterocycles. The van der Waals surface area contributed by atoms with Gasteiger partial charge in [0.15, 0.2) is 0 Å². The van der Waals surface area contributed by atoms with Crippen LogP contribution in [-0.2, 0) is 19.1 Å². The highest BCUT2D eigenvalue weighted by molar-refractivity contribution is 6.20. The lowest BCUT2D eigenvalue weighted by Gasteiger charge is -2.37. The molecular formula is C12H18N2O5. The molecule has 1 rings (SSSR count). The second-order valence-corrected chi connectivity index (χ2v) is 4.28. The third-order valence-electron chi connectivity index (χ3n) is 3.40. The molecule has 1 fully saturated rings. The van der Waals surface area contributed by atoms with Gasteiger partial charge in [-0.3, -0.25) is 25.0 Å². The Labute approximate surface area is 111 Å². The molecule has 0 aliphatic carbocycles. The van der Waals surface area contributed by atoms with E-state index in [0.717, 1.165) is 0 Å². The molecule has 0 saturated carbocycles. The van der Waals surface area contributed by atoms with Crippen molar-refractivity contribution in [3.05, 3.63) is 0 Å². The molecule has 106 valence electrons. The Balaban J connectivity index is 3.19. The number of imide groups is 2. The maximum absolute atomic E-state index is 12.1. The zero-order valence-corrected chi connectivity index (χ0v) is 11.2. The largest absolute Gasteiger partial charge is 0.466 e. The third kappa shape index (κ3) is 2.45. The zero-order valence-electron chi connectivity index (χ0n) is 11.2. The molecule has 0 aromatic rings. The summed E-state index contributed by atoms with van der Waals surface area (Å²) in [6, 6.07) is -0.863. The van der Waals surface area contributed by atoms with Gasteiger partial charge in [-0.15, -0.1) is 0 Å². The van der Waals surface area contributed by atoms with Crippen LogP contribution in [0, 0.1) is 11.3 Å². The van der Waals surface area contributed by atoms with E-state index in [9.17, 15) is 19.2 Å². The summed E-state index contributed by atoms with van der Waals surface area (Å²) in [7, 11) is 0. The van der Waals surface area contributed by atoms with E-state index in [1.54, 1.807) is 20.8 Å². The number of hydrogen-bond donors (Lipinski definition) is 2. The Morgan fingerprint density at radius 3 is 2.05 bits per heavy atom. The second kappa shape index (κ2) is 5.81. The van der Waals surface area contributed by atoms with Crippen LogP contribution < -0.4 is 10.6 Å². The van der Waals surface area contributed by atoms with Gasteiger partial charge < -0.3 is 4.74 Å². The van der Waals surface area contributed by atoms with Crippen LogP contribution in [0.15, 0.2) is 0 Å². The molecule has 7 nitrogen and oxygen atoms in total. The third-order valence-corrected chi connectivity index (χ3v) is 3.40. The highest BCUT2D eigenvalue weighted by Crippen LogP contribution is 2.37. The second-order valence-electron chi connectivity index (χ2n) is 4.28. The van der Waals surface area contributed by atoms with E-state index >= 15 is 0 Å². The van der Waals surface area contributed by atoms with Gasteiger partial charge in [0.25, 0.3) is 0 Å². The van der Waals surface area contributed by atoms with Crippen molar-refractivity contribution in [2.45, 2.75) is 33.6 Å². The maximum atomic E-state index is 12.1. The number of esters is 1. The normalized spacial score (nSPS) is 19.4. The van der Waals surface area contributed by atoms with E-state index in [-0.39, 0.29) is 19.4 Å². The van der Waals surface area contributed by atoms with Gasteiger partial charge in [0.1, 0.15) is 5.41 Å². The monoisotopic (exact) mass is 270 g/mol. The quantitative estimate of drug-likeness (QED) is 0.554. The fourth-order valence-electron chi connectivity index (χ4n) is 2.41. The number of barbiturate groups is 1. The number of carbonyl (C=O) groups is 4. The van der Waals surface area contributed by atoms with Crippen LogP contribution in [0.4, 0.5) is 4.79 Å². The highest BCUT2D eigenvalue weighted by atomic mass is 16.5. The van der Waals surface area contributed by atoms with E-state index in [1.165, 1.54) is 0 Å². The van der Waals surface area contributed by atoms with Gasteiger partial charge in [-0.05, 0) is 19.8 Å². The molecular weight excluding hydrogens is 252 g/mol. The van der Waals surface area contributed by atoms with Crippen LogP contribution in [0.5, 0.6) is 0 Å². The Morgan fingerprint density at radius 1 is 1.16 bits per heavy atom. The van der Waals surface area contributed by atoms with E-state index < -0.39 is 35.1 Å². The molecule has 0 aromatic carbocycles. The molecule has 1 atom stereocenters. The molecule has 0 spiro atoms. The summed E-state index contributed by atoms with van der Waals surface area (Å²) in [5.74, 6) is -3.01. The zero-order chi connectivity index (χ0) is 14.6. The summed E-state index contributed by atoms with van der Waals surface area (Å²) in [5.41, 5.74) is -1.59. The first-order chi connectivity index (χ1) is 8.93. The first-order valence-corrected chi connectivity index (χ1v) is 6.27. The maximum Gasteiger partial charge on any atom is 0.328 e. The van der Waals surface area contributed by atoms with Crippen LogP contribution in [0.2, 0.25) is 0 Å². The summed E-state index contributed by atoms with van der Waals surface area (Å²) >= 11 is 0. The lowest BCUT2D eigenvalue weighted by Crippen LogP contribution is -2.65. The predicted molar refractivity (Wildman–Crippen MR) is 64.8 cm³/mol. The lowest BCUT2D eigenvalue weighted by molar-refractivity contribution is -0.164. The minimum Gasteiger partial charge on any atom is -0.466 e. The average Bonchev–Trinajstić information content (AvgIpc) is 2.33. The number of rotatable bonds is 5. The Morgan fingerprint density at radius 2 is 1.68 bits per heavy atom. The highest BCUT2D eigenvalue weighted by Gasteiger charge is 2.56. The smallest absolute Gasteiger partial charge is 0.328 e. The van der Waals surface area contributed by atoms with Crippen molar-refractivity contribution in [2.24, 2.45) is 11.3 Å². The SMILES string of the molecule is CCOC(=O)[C@H](CC)C1(CC)C(=O)NC(=O)NC1=O. The van der Waals surface area contributed by atoms with Gasteiger partial charge >= 0.3 is 12.0 Å². The summed E-state index contributed by atoms with van der Waals surface area (Å²) in [6.45, 7) is 5.12. The van der Waals surface area contributed by atoms with E-state index in [0.29, 0.717) is 0 Å². The summed E-state index contributed by atoms with van der Waals surface area (Å²) in [6.07, 6.45) is 0.372. The Kier molecular flexibility index (Phi) is 4.63. The number of hydrogen-bond acceptors (Lipinski definition) is 5. The first kappa shape index (κ1) is 15.1. The molecule has 1 aliphatic rings. The minimum absolute atomic E-state index is 0.106. The van der Waals surface area contributed by atoms with E-state index in [4.69, 9.17) is 4.74 Å². The molecule has 1 saturated heterocycles. The molecule has 19 heavy (non-hydrogen) atoms. The van der Waals surface area contributed by atoms with Crippen LogP contribution in [-0.4, -0.2) is 30.4 Å². The standard InChI is InChI=1S/C12H18N2O5/c1-4-7(8(15)19-6-3)12(5-2)9(16)13-11(18)14-10(12)17/h7H,4-6H2,1-3H3,(H2,13,14,16,17,18)/t7-/m0/s1. The first-order valence-electron chi connectivity index (χ1n) is 6.27. The summed E-state index contributed by atoms with van der Waals surface area (Å²) in [5, 5.41) is 4.09. The van der Waals surface area contributed by atoms with Gasteiger partial charge in [0, 0.05) is 0 Å². The van der Waals surface area contributed by atoms with Crippen molar-refractivity contribution in [2.75, 3.05) is 6.61 Å². The fraction of sp³-hybridized carbons (Fsp3) is 0.667. The van der Waals surface area contributed by atoms with Crippen LogP contribution in [0.1, 0.15) is 33.6 Å². The lowest BCUT2D eigenvalue weighted by atomic mass is 9.69. The van der Waals surface area contributed by atoms with Crippen molar-refractivity contribution in [1.82, 2.24) is 10.6 Å². The molecule has 1 heterocycles. The number of nitrogens with one attached hydrogen (secondary N) is 2. The Hall–Kier alpha value is -1.92. The summed E-state index contributed by atoms with van der Waals surface area (Å²) in [4.78, 5) is 47.2. The van der Waals surface area contributed by atoms with Crippen LogP contribution >= 0.6 is 0 Å². The van der Waals surface area contributed by atoms with Gasteiger partial charge in [-0.25, -0.2) is 4.79 Å². The molecule has 2 N–H and O–H groups in total. The van der Waals surface area contributed by atoms with E-state index in [2.05, 4.69) is 0 Å². The van der Waals surface area contributed by atoms with Gasteiger partial charge in [0.05, 0.1) is 12.5 Å². The van der Waals surface area contributed by atoms with Crippen molar-refractivity contribution >= 4 is 23.8 Å². The average molecular weight is 270 g/mol.